The van der Waals surface area contributed by atoms with Gasteiger partial charge in [-0.1, -0.05) is 57.0 Å². The van der Waals surface area contributed by atoms with Crippen LogP contribution in [-0.2, 0) is 10.9 Å². The highest BCUT2D eigenvalue weighted by Gasteiger charge is 2.36. The highest BCUT2D eigenvalue weighted by atomic mass is 35.5. The second-order valence-electron chi connectivity index (χ2n) is 11.0. The number of fused-ring (bicyclic) bond motifs is 1. The Morgan fingerprint density at radius 2 is 1.75 bits per heavy atom. The maximum atomic E-state index is 13.2. The van der Waals surface area contributed by atoms with Crippen molar-refractivity contribution in [1.29, 1.82) is 0 Å². The number of pyridine rings is 1. The number of unbranched alkanes of at least 4 members (excludes halogenated alkanes) is 6. The van der Waals surface area contributed by atoms with Crippen LogP contribution in [0.25, 0.3) is 16.8 Å². The fraction of sp³-hybridized carbons (Fsp3) is 0.567. The predicted octanol–water partition coefficient (Wildman–Crippen LogP) is 6.43. The van der Waals surface area contributed by atoms with Gasteiger partial charge in [-0.2, -0.15) is 13.2 Å². The number of carbonyl (C=O) groups excluding carboxylic acids is 1. The van der Waals surface area contributed by atoms with Crippen molar-refractivity contribution in [3.63, 3.8) is 0 Å². The van der Waals surface area contributed by atoms with E-state index in [-0.39, 0.29) is 11.6 Å². The number of alkyl halides is 3. The summed E-state index contributed by atoms with van der Waals surface area (Å²) < 4.78 is 50.7. The summed E-state index contributed by atoms with van der Waals surface area (Å²) in [6.07, 6.45) is 8.59. The monoisotopic (exact) mass is 641 g/mol. The summed E-state index contributed by atoms with van der Waals surface area (Å²) in [4.78, 5) is 30.6. The summed E-state index contributed by atoms with van der Waals surface area (Å²) in [5.41, 5.74) is -1.72. The summed E-state index contributed by atoms with van der Waals surface area (Å²) >= 11 is 5.84. The molecule has 0 aromatic carbocycles. The molecule has 0 saturated carbocycles. The van der Waals surface area contributed by atoms with E-state index in [2.05, 4.69) is 17.2 Å². The number of hydrogen-bond donors (Lipinski definition) is 2. The molecule has 14 heteroatoms. The first-order chi connectivity index (χ1) is 21.1. The van der Waals surface area contributed by atoms with E-state index in [1.54, 1.807) is 0 Å². The number of amides is 2. The highest BCUT2D eigenvalue weighted by Crippen LogP contribution is 2.37. The first-order valence-electron chi connectivity index (χ1n) is 15.0. The number of likely N-dealkylation sites (tertiary alicyclic amines) is 1. The standard InChI is InChI=1S/C17H33N3O2.C13H6ClF3N2O3/c1-2-3-4-5-6-7-8-9-18-16-14-20(15-16)17(21)19-10-12-22-13-11-19;14-10-9(12(20)21)18-11-8(13(15,16)17)3-7(4-19(10)11)6-1-2-22-5-6/h16,18H,2-15H2,1H3;1-5H,(H,20,21). The third kappa shape index (κ3) is 8.66. The van der Waals surface area contributed by atoms with Crippen LogP contribution in [0.4, 0.5) is 18.0 Å². The van der Waals surface area contributed by atoms with Gasteiger partial charge in [-0.25, -0.2) is 14.6 Å². The van der Waals surface area contributed by atoms with E-state index in [0.717, 1.165) is 43.2 Å². The number of urea groups is 1. The lowest BCUT2D eigenvalue weighted by atomic mass is 10.1. The first kappa shape index (κ1) is 33.6. The molecule has 3 aromatic heterocycles. The largest absolute Gasteiger partial charge is 0.476 e. The number of morpholine rings is 1. The maximum Gasteiger partial charge on any atom is 0.420 e. The van der Waals surface area contributed by atoms with Crippen LogP contribution >= 0.6 is 11.6 Å². The molecule has 10 nitrogen and oxygen atoms in total. The van der Waals surface area contributed by atoms with E-state index in [0.29, 0.717) is 24.8 Å². The number of rotatable bonds is 11. The molecule has 0 bridgehead atoms. The Bertz CT molecular complexity index is 1370. The van der Waals surface area contributed by atoms with Gasteiger partial charge in [-0.05, 0) is 25.1 Å². The molecule has 2 aliphatic rings. The predicted molar refractivity (Wildman–Crippen MR) is 159 cm³/mol. The van der Waals surface area contributed by atoms with Gasteiger partial charge in [0.25, 0.3) is 0 Å². The SMILES string of the molecule is CCCCCCCCCNC1CN(C(=O)N2CCOCC2)C1.O=C(O)c1nc2c(C(F)(F)F)cc(-c3ccoc3)cn2c1Cl. The van der Waals surface area contributed by atoms with Gasteiger partial charge in [0.1, 0.15) is 5.15 Å². The number of aromatic carboxylic acids is 1. The van der Waals surface area contributed by atoms with E-state index < -0.39 is 34.2 Å². The third-order valence-corrected chi connectivity index (χ3v) is 8.03. The molecule has 5 heterocycles. The van der Waals surface area contributed by atoms with Crippen LogP contribution in [0, 0.1) is 0 Å². The summed E-state index contributed by atoms with van der Waals surface area (Å²) in [6, 6.07) is 3.04. The van der Waals surface area contributed by atoms with Crippen molar-refractivity contribution in [3.05, 3.63) is 47.3 Å². The van der Waals surface area contributed by atoms with Crippen LogP contribution in [0.1, 0.15) is 67.9 Å². The van der Waals surface area contributed by atoms with Crippen LogP contribution < -0.4 is 5.32 Å². The molecular weight excluding hydrogens is 603 g/mol. The summed E-state index contributed by atoms with van der Waals surface area (Å²) in [5.74, 6) is -1.51. The smallest absolute Gasteiger partial charge is 0.420 e. The Morgan fingerprint density at radius 1 is 1.07 bits per heavy atom. The Kier molecular flexibility index (Phi) is 11.9. The molecule has 3 aromatic rings. The van der Waals surface area contributed by atoms with Crippen molar-refractivity contribution < 1.29 is 37.0 Å². The fourth-order valence-electron chi connectivity index (χ4n) is 5.16. The second-order valence-corrected chi connectivity index (χ2v) is 11.3. The number of carboxylic acid groups (broad SMARTS) is 1. The number of carbonyl (C=O) groups is 2. The minimum Gasteiger partial charge on any atom is -0.476 e. The molecule has 44 heavy (non-hydrogen) atoms. The van der Waals surface area contributed by atoms with Crippen molar-refractivity contribution in [1.82, 2.24) is 24.5 Å². The Hall–Kier alpha value is -3.29. The van der Waals surface area contributed by atoms with Gasteiger partial charge < -0.3 is 29.4 Å². The number of imidazole rings is 1. The number of carboxylic acids is 1. The van der Waals surface area contributed by atoms with Crippen LogP contribution in [-0.4, -0.2) is 88.3 Å². The van der Waals surface area contributed by atoms with Crippen molar-refractivity contribution in [2.75, 3.05) is 45.9 Å². The molecule has 0 aliphatic carbocycles. The van der Waals surface area contributed by atoms with E-state index in [9.17, 15) is 22.8 Å². The van der Waals surface area contributed by atoms with Gasteiger partial charge in [0.2, 0.25) is 0 Å². The summed E-state index contributed by atoms with van der Waals surface area (Å²) in [6.45, 7) is 7.93. The zero-order valence-electron chi connectivity index (χ0n) is 24.7. The van der Waals surface area contributed by atoms with Gasteiger partial charge >= 0.3 is 18.2 Å². The molecule has 2 aliphatic heterocycles. The van der Waals surface area contributed by atoms with E-state index >= 15 is 0 Å². The number of nitrogens with one attached hydrogen (secondary N) is 1. The second kappa shape index (κ2) is 15.6. The van der Waals surface area contributed by atoms with Crippen molar-refractivity contribution >= 4 is 29.2 Å². The number of nitrogens with zero attached hydrogens (tertiary/aromatic N) is 4. The quantitative estimate of drug-likeness (QED) is 0.232. The number of halogens is 4. The highest BCUT2D eigenvalue weighted by molar-refractivity contribution is 6.32. The maximum absolute atomic E-state index is 13.2. The minimum absolute atomic E-state index is 0.171. The Morgan fingerprint density at radius 3 is 2.36 bits per heavy atom. The molecule has 0 radical (unpaired) electrons. The lowest BCUT2D eigenvalue weighted by Gasteiger charge is -2.43. The van der Waals surface area contributed by atoms with Crippen LogP contribution in [0.15, 0.2) is 35.3 Å². The molecule has 2 saturated heterocycles. The molecular formula is C30H39ClF3N5O5. The molecule has 2 amide bonds. The average Bonchev–Trinajstić information content (AvgIpc) is 3.63. The normalized spacial score (nSPS) is 15.7. The average molecular weight is 642 g/mol. The van der Waals surface area contributed by atoms with Gasteiger partial charge in [-0.3, -0.25) is 4.40 Å². The number of furan rings is 1. The van der Waals surface area contributed by atoms with Crippen molar-refractivity contribution in [3.8, 4) is 11.1 Å². The number of hydrogen-bond acceptors (Lipinski definition) is 6. The van der Waals surface area contributed by atoms with Crippen LogP contribution in [0.5, 0.6) is 0 Å². The first-order valence-corrected chi connectivity index (χ1v) is 15.4. The Balaban J connectivity index is 0.000000201. The zero-order valence-corrected chi connectivity index (χ0v) is 25.5. The lowest BCUT2D eigenvalue weighted by Crippen LogP contribution is -2.63. The fourth-order valence-corrected chi connectivity index (χ4v) is 5.41. The molecule has 0 unspecified atom stereocenters. The molecule has 0 atom stereocenters. The van der Waals surface area contributed by atoms with Crippen molar-refractivity contribution in [2.24, 2.45) is 0 Å². The molecule has 2 N–H and O–H groups in total. The van der Waals surface area contributed by atoms with Gasteiger partial charge in [0.15, 0.2) is 11.3 Å². The van der Waals surface area contributed by atoms with Gasteiger partial charge in [0.05, 0.1) is 31.3 Å². The summed E-state index contributed by atoms with van der Waals surface area (Å²) in [7, 11) is 0. The molecule has 2 fully saturated rings. The van der Waals surface area contributed by atoms with Gasteiger partial charge in [-0.15, -0.1) is 0 Å². The molecule has 242 valence electrons. The van der Waals surface area contributed by atoms with Crippen LogP contribution in [0.3, 0.4) is 0 Å². The van der Waals surface area contributed by atoms with Crippen LogP contribution in [0.2, 0.25) is 5.15 Å². The van der Waals surface area contributed by atoms with Crippen molar-refractivity contribution in [2.45, 2.75) is 64.1 Å². The lowest BCUT2D eigenvalue weighted by molar-refractivity contribution is -0.136. The minimum atomic E-state index is -4.72. The van der Waals surface area contributed by atoms with Gasteiger partial charge in [0, 0.05) is 49.5 Å². The number of aromatic nitrogens is 2. The van der Waals surface area contributed by atoms with E-state index in [1.807, 2.05) is 9.80 Å². The molecule has 5 rings (SSSR count). The molecule has 0 spiro atoms. The topological polar surface area (TPSA) is 113 Å². The van der Waals surface area contributed by atoms with E-state index in [4.69, 9.17) is 25.9 Å². The number of ether oxygens (including phenoxy) is 1. The third-order valence-electron chi connectivity index (χ3n) is 7.67. The van der Waals surface area contributed by atoms with E-state index in [1.165, 1.54) is 69.7 Å². The summed E-state index contributed by atoms with van der Waals surface area (Å²) in [5, 5.41) is 12.1. The zero-order chi connectivity index (χ0) is 31.7. The Labute approximate surface area is 259 Å².